The molecule has 0 bridgehead atoms. The predicted molar refractivity (Wildman–Crippen MR) is 93.8 cm³/mol. The summed E-state index contributed by atoms with van der Waals surface area (Å²) in [7, 11) is 3.07. The van der Waals surface area contributed by atoms with Crippen LogP contribution in [0.3, 0.4) is 0 Å². The highest BCUT2D eigenvalue weighted by Crippen LogP contribution is 2.35. The van der Waals surface area contributed by atoms with E-state index in [4.69, 9.17) is 9.47 Å². The highest BCUT2D eigenvalue weighted by atomic mass is 79.9. The van der Waals surface area contributed by atoms with Crippen molar-refractivity contribution in [2.45, 2.75) is 0 Å². The summed E-state index contributed by atoms with van der Waals surface area (Å²) in [4.78, 5) is 10.2. The Morgan fingerprint density at radius 3 is 2.29 bits per heavy atom. The lowest BCUT2D eigenvalue weighted by atomic mass is 10.0. The Hall–Kier alpha value is -2.85. The van der Waals surface area contributed by atoms with Crippen molar-refractivity contribution < 1.29 is 14.4 Å². The molecule has 7 heteroatoms. The van der Waals surface area contributed by atoms with Gasteiger partial charge in [0.15, 0.2) is 11.5 Å². The molecule has 2 rings (SSSR count). The number of nitro benzene ring substituents is 1. The van der Waals surface area contributed by atoms with Crippen LogP contribution in [0.15, 0.2) is 40.9 Å². The molecule has 0 fully saturated rings. The molecule has 0 aliphatic carbocycles. The Morgan fingerprint density at radius 1 is 1.21 bits per heavy atom. The van der Waals surface area contributed by atoms with E-state index >= 15 is 0 Å². The molecule has 0 saturated heterocycles. The Labute approximate surface area is 147 Å². The molecule has 2 aromatic rings. The second-order valence-electron chi connectivity index (χ2n) is 4.70. The van der Waals surface area contributed by atoms with Gasteiger partial charge in [-0.25, -0.2) is 0 Å². The van der Waals surface area contributed by atoms with E-state index in [2.05, 4.69) is 22.0 Å². The fraction of sp³-hybridized carbons (Fsp3) is 0.118. The molecule has 0 amide bonds. The zero-order chi connectivity index (χ0) is 17.7. The summed E-state index contributed by atoms with van der Waals surface area (Å²) in [5, 5.41) is 20.1. The fourth-order valence-electron chi connectivity index (χ4n) is 2.08. The number of hydrogen-bond donors (Lipinski definition) is 0. The average Bonchev–Trinajstić information content (AvgIpc) is 2.60. The van der Waals surface area contributed by atoms with Gasteiger partial charge in [-0.15, -0.1) is 0 Å². The smallest absolute Gasteiger partial charge is 0.269 e. The number of nitro groups is 1. The Balaban J connectivity index is 2.47. The number of ether oxygens (including phenoxy) is 2. The van der Waals surface area contributed by atoms with Gasteiger partial charge in [0.2, 0.25) is 0 Å². The third-order valence-corrected chi connectivity index (χ3v) is 4.00. The number of allylic oxidation sites excluding steroid dienone is 1. The number of rotatable bonds is 5. The first-order valence-corrected chi connectivity index (χ1v) is 7.57. The van der Waals surface area contributed by atoms with Gasteiger partial charge < -0.3 is 9.47 Å². The number of halogens is 1. The topological polar surface area (TPSA) is 85.4 Å². The van der Waals surface area contributed by atoms with Gasteiger partial charge in [0, 0.05) is 16.6 Å². The minimum atomic E-state index is -0.482. The van der Waals surface area contributed by atoms with Crippen LogP contribution < -0.4 is 9.47 Å². The van der Waals surface area contributed by atoms with E-state index in [0.29, 0.717) is 22.6 Å². The maximum atomic E-state index is 10.7. The molecule has 0 saturated carbocycles. The number of non-ortho nitro benzene ring substituents is 1. The van der Waals surface area contributed by atoms with Crippen molar-refractivity contribution in [1.29, 1.82) is 5.26 Å². The van der Waals surface area contributed by atoms with Crippen molar-refractivity contribution in [2.24, 2.45) is 0 Å². The standard InChI is InChI=1S/C17H13BrN2O4/c1-23-16-8-12(15(18)9-17(16)24-2)7-13(10-19)11-3-5-14(6-4-11)20(21)22/h3-9H,1-2H3. The summed E-state index contributed by atoms with van der Waals surface area (Å²) >= 11 is 3.43. The Bertz CT molecular complexity index is 839. The molecule has 0 N–H and O–H groups in total. The zero-order valence-electron chi connectivity index (χ0n) is 12.9. The molecule has 6 nitrogen and oxygen atoms in total. The van der Waals surface area contributed by atoms with Crippen molar-refractivity contribution in [2.75, 3.05) is 14.2 Å². The second kappa shape index (κ2) is 7.62. The van der Waals surface area contributed by atoms with Crippen LogP contribution in [0.4, 0.5) is 5.69 Å². The molecule has 0 heterocycles. The Kier molecular flexibility index (Phi) is 5.55. The van der Waals surface area contributed by atoms with Crippen LogP contribution in [0.25, 0.3) is 11.6 Å². The molecule has 0 atom stereocenters. The summed E-state index contributed by atoms with van der Waals surface area (Å²) in [6.45, 7) is 0. The number of benzene rings is 2. The second-order valence-corrected chi connectivity index (χ2v) is 5.56. The molecule has 0 aliphatic heterocycles. The fourth-order valence-corrected chi connectivity index (χ4v) is 2.52. The van der Waals surface area contributed by atoms with Gasteiger partial charge in [-0.05, 0) is 41.5 Å². The predicted octanol–water partition coefficient (Wildman–Crippen LogP) is 4.44. The van der Waals surface area contributed by atoms with Gasteiger partial charge >= 0.3 is 0 Å². The first kappa shape index (κ1) is 17.5. The Morgan fingerprint density at radius 2 is 1.79 bits per heavy atom. The highest BCUT2D eigenvalue weighted by Gasteiger charge is 2.11. The van der Waals surface area contributed by atoms with Crippen LogP contribution in [0.1, 0.15) is 11.1 Å². The quantitative estimate of drug-likeness (QED) is 0.327. The van der Waals surface area contributed by atoms with E-state index in [1.54, 1.807) is 30.3 Å². The van der Waals surface area contributed by atoms with Crippen LogP contribution in [0, 0.1) is 21.4 Å². The highest BCUT2D eigenvalue weighted by molar-refractivity contribution is 9.10. The SMILES string of the molecule is COc1cc(Br)c(C=C(C#N)c2ccc([N+](=O)[O-])cc2)cc1OC. The van der Waals surface area contributed by atoms with Gasteiger partial charge in [-0.1, -0.05) is 15.9 Å². The average molecular weight is 389 g/mol. The number of nitrogens with zero attached hydrogens (tertiary/aromatic N) is 2. The summed E-state index contributed by atoms with van der Waals surface area (Å²) in [5.41, 5.74) is 1.66. The minimum Gasteiger partial charge on any atom is -0.493 e. The molecule has 24 heavy (non-hydrogen) atoms. The molecule has 0 radical (unpaired) electrons. The van der Waals surface area contributed by atoms with Crippen LogP contribution in [0.2, 0.25) is 0 Å². The molecular weight excluding hydrogens is 376 g/mol. The van der Waals surface area contributed by atoms with Crippen LogP contribution in [0.5, 0.6) is 11.5 Å². The summed E-state index contributed by atoms with van der Waals surface area (Å²) in [6.07, 6.45) is 1.67. The van der Waals surface area contributed by atoms with E-state index < -0.39 is 4.92 Å². The monoisotopic (exact) mass is 388 g/mol. The lowest BCUT2D eigenvalue weighted by Gasteiger charge is -2.10. The van der Waals surface area contributed by atoms with Gasteiger partial charge in [-0.2, -0.15) is 5.26 Å². The van der Waals surface area contributed by atoms with Gasteiger partial charge in [0.25, 0.3) is 5.69 Å². The van der Waals surface area contributed by atoms with Crippen LogP contribution in [-0.2, 0) is 0 Å². The largest absolute Gasteiger partial charge is 0.493 e. The molecule has 0 spiro atoms. The molecular formula is C17H13BrN2O4. The normalized spacial score (nSPS) is 10.8. The van der Waals surface area contributed by atoms with E-state index in [9.17, 15) is 15.4 Å². The third kappa shape index (κ3) is 3.73. The summed E-state index contributed by atoms with van der Waals surface area (Å²) in [5.74, 6) is 1.10. The summed E-state index contributed by atoms with van der Waals surface area (Å²) < 4.78 is 11.2. The molecule has 122 valence electrons. The number of nitriles is 1. The lowest BCUT2D eigenvalue weighted by Crippen LogP contribution is -1.92. The molecule has 0 unspecified atom stereocenters. The van der Waals surface area contributed by atoms with Gasteiger partial charge in [0.1, 0.15) is 0 Å². The zero-order valence-corrected chi connectivity index (χ0v) is 14.5. The van der Waals surface area contributed by atoms with Crippen molar-refractivity contribution in [3.63, 3.8) is 0 Å². The van der Waals surface area contributed by atoms with Crippen molar-refractivity contribution in [3.05, 3.63) is 62.1 Å². The first-order valence-electron chi connectivity index (χ1n) is 6.78. The molecule has 2 aromatic carbocycles. The van der Waals surface area contributed by atoms with E-state index in [1.807, 2.05) is 0 Å². The van der Waals surface area contributed by atoms with Crippen molar-refractivity contribution in [3.8, 4) is 17.6 Å². The molecule has 0 aromatic heterocycles. The maximum absolute atomic E-state index is 10.7. The minimum absolute atomic E-state index is 0.0247. The van der Waals surface area contributed by atoms with Gasteiger partial charge in [0.05, 0.1) is 30.8 Å². The van der Waals surface area contributed by atoms with E-state index in [0.717, 1.165) is 10.0 Å². The van der Waals surface area contributed by atoms with E-state index in [1.165, 1.54) is 26.4 Å². The number of hydrogen-bond acceptors (Lipinski definition) is 5. The van der Waals surface area contributed by atoms with Gasteiger partial charge in [-0.3, -0.25) is 10.1 Å². The maximum Gasteiger partial charge on any atom is 0.269 e. The lowest BCUT2D eigenvalue weighted by molar-refractivity contribution is -0.384. The van der Waals surface area contributed by atoms with Crippen molar-refractivity contribution >= 4 is 33.3 Å². The van der Waals surface area contributed by atoms with Crippen LogP contribution in [-0.4, -0.2) is 19.1 Å². The summed E-state index contributed by atoms with van der Waals surface area (Å²) in [6, 6.07) is 11.4. The van der Waals surface area contributed by atoms with E-state index in [-0.39, 0.29) is 5.69 Å². The third-order valence-electron chi connectivity index (χ3n) is 3.31. The van der Waals surface area contributed by atoms with Crippen molar-refractivity contribution in [1.82, 2.24) is 0 Å². The molecule has 0 aliphatic rings. The number of methoxy groups -OCH3 is 2. The van der Waals surface area contributed by atoms with Crippen LogP contribution >= 0.6 is 15.9 Å². The first-order chi connectivity index (χ1) is 11.5.